The first-order valence-electron chi connectivity index (χ1n) is 9.00. The molecule has 0 bridgehead atoms. The fourth-order valence-corrected chi connectivity index (χ4v) is 3.50. The number of nitrogens with one attached hydrogen (secondary N) is 1. The van der Waals surface area contributed by atoms with E-state index >= 15 is 0 Å². The zero-order chi connectivity index (χ0) is 20.4. The van der Waals surface area contributed by atoms with Crippen LogP contribution >= 0.6 is 23.2 Å². The summed E-state index contributed by atoms with van der Waals surface area (Å²) in [5.41, 5.74) is 9.70. The minimum Gasteiger partial charge on any atom is -0.493 e. The van der Waals surface area contributed by atoms with Gasteiger partial charge in [0.15, 0.2) is 0 Å². The second kappa shape index (κ2) is 8.45. The van der Waals surface area contributed by atoms with Crippen molar-refractivity contribution in [1.82, 2.24) is 20.2 Å². The molecule has 2 heterocycles. The Labute approximate surface area is 175 Å². The Hall–Kier alpha value is -2.19. The Kier molecular flexibility index (Phi) is 6.20. The van der Waals surface area contributed by atoms with Gasteiger partial charge in [-0.15, -0.1) is 11.6 Å². The van der Waals surface area contributed by atoms with Crippen LogP contribution in [0.2, 0.25) is 5.02 Å². The third-order valence-corrected chi connectivity index (χ3v) is 4.82. The van der Waals surface area contributed by atoms with Crippen LogP contribution in [0.5, 0.6) is 5.75 Å². The van der Waals surface area contributed by atoms with Gasteiger partial charge in [0, 0.05) is 22.2 Å². The molecule has 0 aliphatic carbocycles. The number of nitrogen functional groups attached to an aromatic ring is 1. The predicted octanol–water partition coefficient (Wildman–Crippen LogP) is 1.69. The molecule has 0 radical (unpaired) electrons. The highest BCUT2D eigenvalue weighted by Crippen LogP contribution is 2.36. The van der Waals surface area contributed by atoms with Gasteiger partial charge in [-0.05, 0) is 31.4 Å². The minimum absolute atomic E-state index is 0.0417. The summed E-state index contributed by atoms with van der Waals surface area (Å²) in [5, 5.41) is 3.42. The van der Waals surface area contributed by atoms with E-state index in [1.54, 1.807) is 4.90 Å². The normalized spacial score (nSPS) is 13.0. The second-order valence-corrected chi connectivity index (χ2v) is 7.74. The molecule has 0 spiro atoms. The number of benzene rings is 1. The zero-order valence-corrected chi connectivity index (χ0v) is 17.6. The molecular weight excluding hydrogens is 400 g/mol. The lowest BCUT2D eigenvalue weighted by atomic mass is 9.92. The molecule has 1 aliphatic heterocycles. The first-order valence-corrected chi connectivity index (χ1v) is 9.91. The Morgan fingerprint density at radius 2 is 2.14 bits per heavy atom. The summed E-state index contributed by atoms with van der Waals surface area (Å²) in [6.45, 7) is 4.96. The number of urea groups is 1. The van der Waals surface area contributed by atoms with Crippen LogP contribution < -0.4 is 21.3 Å². The molecule has 10 heteroatoms. The lowest BCUT2D eigenvalue weighted by molar-refractivity contribution is 0.195. The number of rotatable bonds is 5. The number of anilines is 1. The molecule has 148 valence electrons. The van der Waals surface area contributed by atoms with Gasteiger partial charge in [-0.1, -0.05) is 11.6 Å². The summed E-state index contributed by atoms with van der Waals surface area (Å²) in [6.07, 6.45) is 0. The van der Waals surface area contributed by atoms with Gasteiger partial charge >= 0.3 is 6.03 Å². The van der Waals surface area contributed by atoms with Gasteiger partial charge in [-0.3, -0.25) is 0 Å². The van der Waals surface area contributed by atoms with Crippen LogP contribution in [0.15, 0.2) is 12.1 Å². The monoisotopic (exact) mass is 421 g/mol. The molecule has 1 aromatic heterocycles. The molecule has 7 nitrogen and oxygen atoms in total. The smallest absolute Gasteiger partial charge is 0.318 e. The van der Waals surface area contributed by atoms with Crippen molar-refractivity contribution in [1.29, 1.82) is 0 Å². The average molecular weight is 422 g/mol. The first-order chi connectivity index (χ1) is 13.3. The first kappa shape index (κ1) is 20.5. The summed E-state index contributed by atoms with van der Waals surface area (Å²) in [6, 6.07) is 3.55. The number of carbonyl (C=O) groups is 1. The molecule has 2 aromatic rings. The number of amides is 2. The third kappa shape index (κ3) is 4.28. The Balaban J connectivity index is 2.01. The minimum atomic E-state index is -0.154. The van der Waals surface area contributed by atoms with Crippen molar-refractivity contribution in [3.05, 3.63) is 28.4 Å². The number of hydrogen-bond acceptors (Lipinski definition) is 5. The molecule has 0 unspecified atom stereocenters. The largest absolute Gasteiger partial charge is 0.493 e. The van der Waals surface area contributed by atoms with E-state index in [1.165, 1.54) is 0 Å². The molecule has 1 aromatic carbocycles. The van der Waals surface area contributed by atoms with Crippen molar-refractivity contribution in [2.45, 2.75) is 33.0 Å². The van der Waals surface area contributed by atoms with Gasteiger partial charge in [-0.2, -0.15) is 0 Å². The van der Waals surface area contributed by atoms with Crippen molar-refractivity contribution in [3.63, 3.8) is 0 Å². The van der Waals surface area contributed by atoms with Gasteiger partial charge in [0.2, 0.25) is 5.95 Å². The van der Waals surface area contributed by atoms with E-state index in [0.29, 0.717) is 47.6 Å². The number of halogens is 2. The highest BCUT2D eigenvalue weighted by atomic mass is 35.5. The molecule has 0 saturated carbocycles. The number of fused-ring (bicyclic) bond motifs is 1. The molecule has 1 aliphatic rings. The molecule has 28 heavy (non-hydrogen) atoms. The lowest BCUT2D eigenvalue weighted by Crippen LogP contribution is -2.40. The van der Waals surface area contributed by atoms with E-state index in [0.717, 1.165) is 16.7 Å². The van der Waals surface area contributed by atoms with Crippen molar-refractivity contribution in [3.8, 4) is 17.0 Å². The number of aromatic nitrogens is 2. The van der Waals surface area contributed by atoms with Crippen molar-refractivity contribution < 1.29 is 9.53 Å². The maximum Gasteiger partial charge on any atom is 0.318 e. The summed E-state index contributed by atoms with van der Waals surface area (Å²) in [4.78, 5) is 22.8. The fourth-order valence-electron chi connectivity index (χ4n) is 3.12. The third-order valence-electron chi connectivity index (χ3n) is 4.35. The number of alkyl halides is 1. The quantitative estimate of drug-likeness (QED) is 0.565. The van der Waals surface area contributed by atoms with Crippen LogP contribution in [0.3, 0.4) is 0 Å². The molecule has 0 saturated heterocycles. The number of nitrogens with zero attached hydrogens (tertiary/aromatic N) is 3. The van der Waals surface area contributed by atoms with Crippen LogP contribution in [-0.2, 0) is 13.1 Å². The van der Waals surface area contributed by atoms with Crippen LogP contribution in [0.25, 0.3) is 11.3 Å². The zero-order valence-electron chi connectivity index (χ0n) is 16.1. The predicted molar refractivity (Wildman–Crippen MR) is 114 cm³/mol. The maximum absolute atomic E-state index is 12.4. The molecule has 3 rings (SSSR count). The number of hydrogen-bond donors (Lipinski definition) is 2. The van der Waals surface area contributed by atoms with Crippen molar-refractivity contribution in [2.24, 2.45) is 0 Å². The van der Waals surface area contributed by atoms with E-state index in [-0.39, 0.29) is 18.0 Å². The molecule has 3 N–H and O–H groups in total. The summed E-state index contributed by atoms with van der Waals surface area (Å²) < 4.78 is 5.72. The van der Waals surface area contributed by atoms with Crippen molar-refractivity contribution in [2.75, 3.05) is 18.2 Å². The van der Waals surface area contributed by atoms with Crippen molar-refractivity contribution >= 4 is 48.5 Å². The summed E-state index contributed by atoms with van der Waals surface area (Å²) in [7, 11) is 1.91. The number of carbonyl (C=O) groups excluding carboxylic acids is 1. The van der Waals surface area contributed by atoms with Crippen LogP contribution in [0, 0.1) is 0 Å². The van der Waals surface area contributed by atoms with E-state index in [4.69, 9.17) is 33.7 Å². The van der Waals surface area contributed by atoms with E-state index < -0.39 is 0 Å². The SMILES string of the molecule is Bc1cc(Cl)c(-c2nc(N)nc3c2CN(C(=O)NC(C)C)C3)cc1OCCCl. The van der Waals surface area contributed by atoms with Gasteiger partial charge in [0.1, 0.15) is 20.2 Å². The second-order valence-electron chi connectivity index (χ2n) is 6.95. The number of ether oxygens (including phenoxy) is 1. The van der Waals surface area contributed by atoms with E-state index in [9.17, 15) is 4.79 Å². The standard InChI is InChI=1S/C18H22BCl2N5O2/c1-9(2)23-18(27)26-7-11-14(8-26)24-17(22)25-16(11)10-5-15(28-4-3-20)12(19)6-13(10)21/h5-6,9H,3-4,7-8,19H2,1-2H3,(H,23,27)(H2,22,24,25). The molecular formula is C18H22BCl2N5O2. The summed E-state index contributed by atoms with van der Waals surface area (Å²) >= 11 is 12.3. The van der Waals surface area contributed by atoms with Gasteiger partial charge < -0.3 is 20.7 Å². The Bertz CT molecular complexity index is 910. The maximum atomic E-state index is 12.4. The Morgan fingerprint density at radius 1 is 1.39 bits per heavy atom. The average Bonchev–Trinajstić information content (AvgIpc) is 3.04. The van der Waals surface area contributed by atoms with E-state index in [2.05, 4.69) is 15.3 Å². The molecule has 0 atom stereocenters. The number of nitrogens with two attached hydrogens (primary N) is 1. The highest BCUT2D eigenvalue weighted by molar-refractivity contribution is 6.39. The van der Waals surface area contributed by atoms with E-state index in [1.807, 2.05) is 33.8 Å². The van der Waals surface area contributed by atoms with Gasteiger partial charge in [0.05, 0.1) is 30.4 Å². The summed E-state index contributed by atoms with van der Waals surface area (Å²) in [5.74, 6) is 1.20. The van der Waals surface area contributed by atoms with Gasteiger partial charge in [-0.25, -0.2) is 14.8 Å². The van der Waals surface area contributed by atoms with Crippen LogP contribution in [0.1, 0.15) is 25.1 Å². The molecule has 0 fully saturated rings. The highest BCUT2D eigenvalue weighted by Gasteiger charge is 2.29. The topological polar surface area (TPSA) is 93.4 Å². The van der Waals surface area contributed by atoms with Crippen LogP contribution in [0.4, 0.5) is 10.7 Å². The molecule has 2 amide bonds. The lowest BCUT2D eigenvalue weighted by Gasteiger charge is -2.18. The van der Waals surface area contributed by atoms with Gasteiger partial charge in [0.25, 0.3) is 0 Å². The van der Waals surface area contributed by atoms with Crippen LogP contribution in [-0.4, -0.2) is 47.3 Å². The Morgan fingerprint density at radius 3 is 2.82 bits per heavy atom. The fraction of sp³-hybridized carbons (Fsp3) is 0.389.